The SMILES string of the molecule is CCOC(=O)C1=C(C)C=c2oc(=Cc3ccc(-c4cccc(C(=O)O)c4)o3)c(O)c2C1c1c(OC)ccc2ccccc12. The van der Waals surface area contributed by atoms with Gasteiger partial charge in [0.2, 0.25) is 0 Å². The fourth-order valence-corrected chi connectivity index (χ4v) is 5.65. The second-order valence-electron chi connectivity index (χ2n) is 10.1. The molecule has 8 heteroatoms. The molecule has 2 aromatic heterocycles. The first-order valence-electron chi connectivity index (χ1n) is 13.7. The summed E-state index contributed by atoms with van der Waals surface area (Å²) >= 11 is 0. The summed E-state index contributed by atoms with van der Waals surface area (Å²) in [6, 6.07) is 21.4. The number of carbonyl (C=O) groups is 2. The molecule has 0 radical (unpaired) electrons. The molecular weight excluding hydrogens is 548 g/mol. The lowest BCUT2D eigenvalue weighted by molar-refractivity contribution is -0.138. The molecule has 8 nitrogen and oxygen atoms in total. The Bertz CT molecular complexity index is 2060. The number of allylic oxidation sites excluding steroid dienone is 1. The van der Waals surface area contributed by atoms with Gasteiger partial charge >= 0.3 is 11.9 Å². The maximum atomic E-state index is 13.4. The van der Waals surface area contributed by atoms with Crippen LogP contribution in [0.5, 0.6) is 11.5 Å². The third-order valence-corrected chi connectivity index (χ3v) is 7.55. The van der Waals surface area contributed by atoms with Crippen molar-refractivity contribution in [2.75, 3.05) is 13.7 Å². The number of furan rings is 2. The standard InChI is InChI=1S/C35H28O8/c1-4-41-35(39)29-19(2)16-27-31(32(29)30-24-11-6-5-8-20(24)12-14-26(30)40-3)33(36)28(43-27)18-23-13-15-25(42-23)21-9-7-10-22(17-21)34(37)38/h5-18,32,36H,4H2,1-3H3,(H,37,38). The smallest absolute Gasteiger partial charge is 0.335 e. The summed E-state index contributed by atoms with van der Waals surface area (Å²) in [4.78, 5) is 24.8. The summed E-state index contributed by atoms with van der Waals surface area (Å²) in [5.41, 5.74) is 3.42. The first-order chi connectivity index (χ1) is 20.8. The number of rotatable bonds is 7. The minimum absolute atomic E-state index is 0.140. The molecule has 216 valence electrons. The normalized spacial score (nSPS) is 14.9. The van der Waals surface area contributed by atoms with Crippen LogP contribution in [0.1, 0.15) is 47.0 Å². The van der Waals surface area contributed by atoms with Gasteiger partial charge in [-0.25, -0.2) is 9.59 Å². The van der Waals surface area contributed by atoms with E-state index in [1.54, 1.807) is 50.5 Å². The fraction of sp³-hybridized carbons (Fsp3) is 0.143. The van der Waals surface area contributed by atoms with Crippen molar-refractivity contribution >= 4 is 34.9 Å². The molecule has 43 heavy (non-hydrogen) atoms. The molecule has 1 aliphatic carbocycles. The predicted molar refractivity (Wildman–Crippen MR) is 160 cm³/mol. The molecule has 1 aliphatic rings. The summed E-state index contributed by atoms with van der Waals surface area (Å²) in [6.07, 6.45) is 3.28. The van der Waals surface area contributed by atoms with Gasteiger partial charge in [0, 0.05) is 17.2 Å². The largest absolute Gasteiger partial charge is 0.504 e. The fourth-order valence-electron chi connectivity index (χ4n) is 5.65. The van der Waals surface area contributed by atoms with Crippen LogP contribution in [0.4, 0.5) is 0 Å². The van der Waals surface area contributed by atoms with E-state index < -0.39 is 17.9 Å². The minimum Gasteiger partial charge on any atom is -0.504 e. The number of carboxylic acids is 1. The monoisotopic (exact) mass is 576 g/mol. The Morgan fingerprint density at radius 1 is 0.977 bits per heavy atom. The van der Waals surface area contributed by atoms with Crippen LogP contribution in [0.3, 0.4) is 0 Å². The Balaban J connectivity index is 1.54. The minimum atomic E-state index is -1.04. The number of aromatic hydroxyl groups is 1. The lowest BCUT2D eigenvalue weighted by Crippen LogP contribution is -2.25. The molecule has 3 aromatic carbocycles. The Hall–Kier alpha value is -5.50. The molecule has 0 spiro atoms. The van der Waals surface area contributed by atoms with E-state index in [2.05, 4.69) is 0 Å². The zero-order chi connectivity index (χ0) is 30.2. The highest BCUT2D eigenvalue weighted by Gasteiger charge is 2.37. The predicted octanol–water partition coefficient (Wildman–Crippen LogP) is 5.74. The molecule has 5 aromatic rings. The lowest BCUT2D eigenvalue weighted by atomic mass is 9.78. The number of carbonyl (C=O) groups excluding carboxylic acids is 1. The lowest BCUT2D eigenvalue weighted by Gasteiger charge is -2.26. The highest BCUT2D eigenvalue weighted by Crippen LogP contribution is 2.45. The zero-order valence-electron chi connectivity index (χ0n) is 23.7. The van der Waals surface area contributed by atoms with Gasteiger partial charge in [-0.1, -0.05) is 42.5 Å². The Morgan fingerprint density at radius 2 is 1.79 bits per heavy atom. The van der Waals surface area contributed by atoms with Crippen molar-refractivity contribution in [3.8, 4) is 22.8 Å². The quantitative estimate of drug-likeness (QED) is 0.236. The summed E-state index contributed by atoms with van der Waals surface area (Å²) in [7, 11) is 1.57. The number of esters is 1. The molecule has 0 bridgehead atoms. The Morgan fingerprint density at radius 3 is 2.56 bits per heavy atom. The Kier molecular flexibility index (Phi) is 7.11. The van der Waals surface area contributed by atoms with Crippen LogP contribution >= 0.6 is 0 Å². The van der Waals surface area contributed by atoms with Gasteiger partial charge in [-0.05, 0) is 66.6 Å². The third-order valence-electron chi connectivity index (χ3n) is 7.55. The number of hydrogen-bond acceptors (Lipinski definition) is 7. The molecular formula is C35H28O8. The number of aromatic carboxylic acids is 1. The van der Waals surface area contributed by atoms with Crippen molar-refractivity contribution in [3.63, 3.8) is 0 Å². The summed E-state index contributed by atoms with van der Waals surface area (Å²) in [6.45, 7) is 3.75. The zero-order valence-corrected chi connectivity index (χ0v) is 23.7. The topological polar surface area (TPSA) is 119 Å². The van der Waals surface area contributed by atoms with Crippen molar-refractivity contribution in [2.24, 2.45) is 0 Å². The van der Waals surface area contributed by atoms with Crippen LogP contribution in [0.15, 0.2) is 92.8 Å². The molecule has 6 rings (SSSR count). The molecule has 0 aliphatic heterocycles. The van der Waals surface area contributed by atoms with Gasteiger partial charge in [-0.2, -0.15) is 0 Å². The van der Waals surface area contributed by atoms with E-state index in [1.807, 2.05) is 43.3 Å². The molecule has 2 N–H and O–H groups in total. The first-order valence-corrected chi connectivity index (χ1v) is 13.7. The number of benzene rings is 3. The van der Waals surface area contributed by atoms with Gasteiger partial charge in [0.1, 0.15) is 22.7 Å². The summed E-state index contributed by atoms with van der Waals surface area (Å²) in [5.74, 6) is -1.04. The molecule has 0 amide bonds. The summed E-state index contributed by atoms with van der Waals surface area (Å²) < 4.78 is 23.4. The third kappa shape index (κ3) is 4.86. The molecule has 1 atom stereocenters. The van der Waals surface area contributed by atoms with Crippen molar-refractivity contribution in [1.29, 1.82) is 0 Å². The van der Waals surface area contributed by atoms with E-state index in [-0.39, 0.29) is 23.3 Å². The van der Waals surface area contributed by atoms with Crippen molar-refractivity contribution in [3.05, 3.63) is 117 Å². The van der Waals surface area contributed by atoms with Crippen LogP contribution < -0.4 is 15.6 Å². The number of fused-ring (bicyclic) bond motifs is 2. The number of ether oxygens (including phenoxy) is 2. The van der Waals surface area contributed by atoms with Crippen LogP contribution in [-0.2, 0) is 9.53 Å². The first kappa shape index (κ1) is 27.7. The average Bonchev–Trinajstić information content (AvgIpc) is 3.60. The Labute approximate surface area is 246 Å². The van der Waals surface area contributed by atoms with E-state index in [1.165, 1.54) is 12.1 Å². The van der Waals surface area contributed by atoms with Crippen LogP contribution in [0.2, 0.25) is 0 Å². The van der Waals surface area contributed by atoms with Gasteiger partial charge in [0.25, 0.3) is 0 Å². The average molecular weight is 577 g/mol. The van der Waals surface area contributed by atoms with Gasteiger partial charge < -0.3 is 28.5 Å². The number of methoxy groups -OCH3 is 1. The highest BCUT2D eigenvalue weighted by molar-refractivity contribution is 5.98. The molecule has 0 saturated heterocycles. The molecule has 2 heterocycles. The maximum Gasteiger partial charge on any atom is 0.335 e. The second-order valence-corrected chi connectivity index (χ2v) is 10.1. The van der Waals surface area contributed by atoms with Gasteiger partial charge in [-0.15, -0.1) is 0 Å². The van der Waals surface area contributed by atoms with Gasteiger partial charge in [0.15, 0.2) is 11.2 Å². The number of carboxylic acid groups (broad SMARTS) is 1. The van der Waals surface area contributed by atoms with E-state index in [9.17, 15) is 19.8 Å². The van der Waals surface area contributed by atoms with Crippen molar-refractivity contribution < 1.29 is 38.1 Å². The molecule has 0 saturated carbocycles. The van der Waals surface area contributed by atoms with Crippen LogP contribution in [-0.4, -0.2) is 35.9 Å². The van der Waals surface area contributed by atoms with E-state index >= 15 is 0 Å². The van der Waals surface area contributed by atoms with Crippen molar-refractivity contribution in [2.45, 2.75) is 19.8 Å². The van der Waals surface area contributed by atoms with Crippen molar-refractivity contribution in [1.82, 2.24) is 0 Å². The van der Waals surface area contributed by atoms with E-state index in [4.69, 9.17) is 18.3 Å². The van der Waals surface area contributed by atoms with E-state index in [0.717, 1.165) is 10.8 Å². The molecule has 0 fully saturated rings. The van der Waals surface area contributed by atoms with Crippen LogP contribution in [0.25, 0.3) is 34.2 Å². The number of hydrogen-bond donors (Lipinski definition) is 2. The summed E-state index contributed by atoms with van der Waals surface area (Å²) in [5, 5.41) is 22.8. The highest BCUT2D eigenvalue weighted by atomic mass is 16.5. The second kappa shape index (κ2) is 11.1. The maximum absolute atomic E-state index is 13.4. The van der Waals surface area contributed by atoms with Gasteiger partial charge in [0.05, 0.1) is 36.3 Å². The van der Waals surface area contributed by atoms with Gasteiger partial charge in [-0.3, -0.25) is 0 Å². The van der Waals surface area contributed by atoms with E-state index in [0.29, 0.717) is 50.5 Å². The van der Waals surface area contributed by atoms with Crippen LogP contribution in [0, 0.1) is 0 Å². The molecule has 1 unspecified atom stereocenters.